The van der Waals surface area contributed by atoms with Gasteiger partial charge in [0.15, 0.2) is 9.84 Å². The van der Waals surface area contributed by atoms with Crippen LogP contribution in [0.2, 0.25) is 0 Å². The van der Waals surface area contributed by atoms with E-state index in [1.165, 1.54) is 4.90 Å². The van der Waals surface area contributed by atoms with Gasteiger partial charge in [-0.1, -0.05) is 13.8 Å². The third kappa shape index (κ3) is 3.96. The molecule has 0 aromatic rings. The summed E-state index contributed by atoms with van der Waals surface area (Å²) >= 11 is 0. The van der Waals surface area contributed by atoms with Crippen molar-refractivity contribution in [3.63, 3.8) is 0 Å². The molecule has 0 spiro atoms. The van der Waals surface area contributed by atoms with Gasteiger partial charge in [-0.3, -0.25) is 4.79 Å². The van der Waals surface area contributed by atoms with Crippen molar-refractivity contribution in [3.8, 4) is 0 Å². The number of nitrogens with zero attached hydrogens (tertiary/aromatic N) is 1. The Morgan fingerprint density at radius 3 is 2.47 bits per heavy atom. The molecular weight excluding hydrogens is 240 g/mol. The summed E-state index contributed by atoms with van der Waals surface area (Å²) in [7, 11) is -1.31. The van der Waals surface area contributed by atoms with Gasteiger partial charge in [0.1, 0.15) is 0 Å². The second kappa shape index (κ2) is 5.35. The number of hydrogen-bond donors (Lipinski definition) is 1. The number of amides is 1. The molecule has 2 N–H and O–H groups in total. The summed E-state index contributed by atoms with van der Waals surface area (Å²) in [5, 5.41) is 0. The topological polar surface area (TPSA) is 80.5 Å². The van der Waals surface area contributed by atoms with Crippen LogP contribution in [0.15, 0.2) is 0 Å². The van der Waals surface area contributed by atoms with Crippen LogP contribution in [0.3, 0.4) is 0 Å². The predicted molar refractivity (Wildman–Crippen MR) is 67.3 cm³/mol. The molecule has 1 rings (SSSR count). The average molecular weight is 262 g/mol. The van der Waals surface area contributed by atoms with E-state index in [1.54, 1.807) is 7.05 Å². The molecule has 2 atom stereocenters. The van der Waals surface area contributed by atoms with Crippen molar-refractivity contribution in [2.45, 2.75) is 38.8 Å². The molecule has 5 nitrogen and oxygen atoms in total. The monoisotopic (exact) mass is 262 g/mol. The fourth-order valence-corrected chi connectivity index (χ4v) is 3.91. The standard InChI is InChI=1S/C11H22N2O3S/c1-8(2)6-10(12)11(14)13(3)9-4-5-17(15,16)7-9/h8-10H,4-7,12H2,1-3H3/t9?,10-/m1/s1. The summed E-state index contributed by atoms with van der Waals surface area (Å²) in [5.74, 6) is 0.452. The molecule has 0 aliphatic carbocycles. The number of sulfone groups is 1. The summed E-state index contributed by atoms with van der Waals surface area (Å²) in [6.45, 7) is 4.01. The molecule has 17 heavy (non-hydrogen) atoms. The van der Waals surface area contributed by atoms with Crippen LogP contribution >= 0.6 is 0 Å². The lowest BCUT2D eigenvalue weighted by atomic mass is 10.0. The van der Waals surface area contributed by atoms with Crippen LogP contribution < -0.4 is 5.73 Å². The zero-order chi connectivity index (χ0) is 13.2. The molecule has 1 unspecified atom stereocenters. The van der Waals surface area contributed by atoms with Crippen LogP contribution in [0.25, 0.3) is 0 Å². The van der Waals surface area contributed by atoms with E-state index in [-0.39, 0.29) is 23.5 Å². The second-order valence-electron chi connectivity index (χ2n) is 5.24. The number of carbonyl (C=O) groups excluding carboxylic acids is 1. The first-order valence-electron chi connectivity index (χ1n) is 5.95. The molecular formula is C11H22N2O3S. The van der Waals surface area contributed by atoms with Gasteiger partial charge in [0.25, 0.3) is 0 Å². The molecule has 0 bridgehead atoms. The molecule has 1 aliphatic heterocycles. The Labute approximate surface area is 103 Å². The SMILES string of the molecule is CC(C)C[C@@H](N)C(=O)N(C)C1CCS(=O)(=O)C1. The molecule has 0 saturated carbocycles. The Kier molecular flexibility index (Phi) is 4.55. The molecule has 1 saturated heterocycles. The zero-order valence-electron chi connectivity index (χ0n) is 10.7. The van der Waals surface area contributed by atoms with Gasteiger partial charge in [-0.2, -0.15) is 0 Å². The Bertz CT molecular complexity index is 378. The summed E-state index contributed by atoms with van der Waals surface area (Å²) < 4.78 is 22.7. The van der Waals surface area contributed by atoms with Gasteiger partial charge < -0.3 is 10.6 Å². The van der Waals surface area contributed by atoms with Crippen molar-refractivity contribution in [1.82, 2.24) is 4.90 Å². The Morgan fingerprint density at radius 2 is 2.06 bits per heavy atom. The van der Waals surface area contributed by atoms with E-state index in [9.17, 15) is 13.2 Å². The number of hydrogen-bond acceptors (Lipinski definition) is 4. The summed E-state index contributed by atoms with van der Waals surface area (Å²) in [5.41, 5.74) is 5.81. The minimum atomic E-state index is -2.96. The maximum atomic E-state index is 12.0. The predicted octanol–water partition coefficient (Wildman–Crippen LogP) is 0.00530. The van der Waals surface area contributed by atoms with E-state index in [4.69, 9.17) is 5.73 Å². The van der Waals surface area contributed by atoms with Crippen LogP contribution in [-0.2, 0) is 14.6 Å². The van der Waals surface area contributed by atoms with E-state index < -0.39 is 15.9 Å². The van der Waals surface area contributed by atoms with Crippen molar-refractivity contribution in [1.29, 1.82) is 0 Å². The minimum Gasteiger partial charge on any atom is -0.340 e. The maximum Gasteiger partial charge on any atom is 0.239 e. The average Bonchev–Trinajstić information content (AvgIpc) is 2.55. The van der Waals surface area contributed by atoms with Crippen molar-refractivity contribution in [2.75, 3.05) is 18.6 Å². The van der Waals surface area contributed by atoms with Crippen LogP contribution in [-0.4, -0.2) is 49.9 Å². The molecule has 1 aliphatic rings. The highest BCUT2D eigenvalue weighted by Crippen LogP contribution is 2.17. The third-order valence-corrected chi connectivity index (χ3v) is 4.90. The van der Waals surface area contributed by atoms with Gasteiger partial charge in [0.2, 0.25) is 5.91 Å². The molecule has 0 radical (unpaired) electrons. The first-order chi connectivity index (χ1) is 7.73. The highest BCUT2D eigenvalue weighted by molar-refractivity contribution is 7.91. The number of likely N-dealkylation sites (N-methyl/N-ethyl adjacent to an activating group) is 1. The van der Waals surface area contributed by atoms with Crippen molar-refractivity contribution in [3.05, 3.63) is 0 Å². The summed E-state index contributed by atoms with van der Waals surface area (Å²) in [6.07, 6.45) is 1.15. The molecule has 100 valence electrons. The van der Waals surface area contributed by atoms with Crippen LogP contribution in [0.1, 0.15) is 26.7 Å². The van der Waals surface area contributed by atoms with Crippen LogP contribution in [0, 0.1) is 5.92 Å². The smallest absolute Gasteiger partial charge is 0.239 e. The number of nitrogens with two attached hydrogens (primary N) is 1. The van der Waals surface area contributed by atoms with Gasteiger partial charge in [0.05, 0.1) is 17.5 Å². The maximum absolute atomic E-state index is 12.0. The number of carbonyl (C=O) groups is 1. The molecule has 0 aromatic heterocycles. The van der Waals surface area contributed by atoms with Crippen LogP contribution in [0.4, 0.5) is 0 Å². The molecule has 1 heterocycles. The van der Waals surface area contributed by atoms with E-state index >= 15 is 0 Å². The molecule has 0 aromatic carbocycles. The van der Waals surface area contributed by atoms with Gasteiger partial charge in [-0.15, -0.1) is 0 Å². The lowest BCUT2D eigenvalue weighted by molar-refractivity contribution is -0.133. The van der Waals surface area contributed by atoms with E-state index in [0.29, 0.717) is 18.8 Å². The largest absolute Gasteiger partial charge is 0.340 e. The summed E-state index contributed by atoms with van der Waals surface area (Å²) in [6, 6.07) is -0.728. The van der Waals surface area contributed by atoms with Crippen LogP contribution in [0.5, 0.6) is 0 Å². The number of rotatable bonds is 4. The Balaban J connectivity index is 2.58. The second-order valence-corrected chi connectivity index (χ2v) is 7.47. The third-order valence-electron chi connectivity index (χ3n) is 3.15. The zero-order valence-corrected chi connectivity index (χ0v) is 11.5. The quantitative estimate of drug-likeness (QED) is 0.773. The minimum absolute atomic E-state index is 0.0731. The lowest BCUT2D eigenvalue weighted by Crippen LogP contribution is -2.47. The van der Waals surface area contributed by atoms with Crippen molar-refractivity contribution in [2.24, 2.45) is 11.7 Å². The van der Waals surface area contributed by atoms with Gasteiger partial charge in [-0.05, 0) is 18.8 Å². The molecule has 6 heteroatoms. The lowest BCUT2D eigenvalue weighted by Gasteiger charge is -2.27. The van der Waals surface area contributed by atoms with Gasteiger partial charge >= 0.3 is 0 Å². The van der Waals surface area contributed by atoms with E-state index in [1.807, 2.05) is 13.8 Å². The highest BCUT2D eigenvalue weighted by atomic mass is 32.2. The Hall–Kier alpha value is -0.620. The molecule has 1 amide bonds. The first-order valence-corrected chi connectivity index (χ1v) is 7.77. The van der Waals surface area contributed by atoms with E-state index in [2.05, 4.69) is 0 Å². The molecule has 1 fully saturated rings. The summed E-state index contributed by atoms with van der Waals surface area (Å²) in [4.78, 5) is 13.5. The van der Waals surface area contributed by atoms with Crippen molar-refractivity contribution < 1.29 is 13.2 Å². The van der Waals surface area contributed by atoms with Gasteiger partial charge in [0, 0.05) is 13.1 Å². The fraction of sp³-hybridized carbons (Fsp3) is 0.909. The first kappa shape index (κ1) is 14.4. The normalized spacial score (nSPS) is 24.9. The highest BCUT2D eigenvalue weighted by Gasteiger charge is 2.34. The Morgan fingerprint density at radius 1 is 1.47 bits per heavy atom. The van der Waals surface area contributed by atoms with Gasteiger partial charge in [-0.25, -0.2) is 8.42 Å². The fourth-order valence-electron chi connectivity index (χ4n) is 2.13. The van der Waals surface area contributed by atoms with Crippen molar-refractivity contribution >= 4 is 15.7 Å². The van der Waals surface area contributed by atoms with E-state index in [0.717, 1.165) is 0 Å².